The average Bonchev–Trinajstić information content (AvgIpc) is 1.39. The van der Waals surface area contributed by atoms with Gasteiger partial charge in [0.05, 0.1) is 26.3 Å². The number of fused-ring (bicyclic) bond motifs is 7. The second-order valence-corrected chi connectivity index (χ2v) is 34.7. The fraction of sp³-hybridized carbons (Fsp3) is 0. The van der Waals surface area contributed by atoms with Crippen LogP contribution in [0.25, 0.3) is 194 Å². The van der Waals surface area contributed by atoms with Crippen molar-refractivity contribution < 1.29 is 9.60 Å². The second-order valence-electron chi connectivity index (χ2n) is 33.6. The van der Waals surface area contributed by atoms with Crippen molar-refractivity contribution in [1.29, 1.82) is 0 Å². The van der Waals surface area contributed by atoms with Crippen LogP contribution in [-0.2, 0) is 0 Å². The smallest absolute Gasteiger partial charge is 0.249 e. The summed E-state index contributed by atoms with van der Waals surface area (Å²) in [5.41, 5.74) is 35.5. The summed E-state index contributed by atoms with van der Waals surface area (Å²) in [6, 6.07) is 162. The number of nitrogens with zero attached hydrogens (tertiary/aromatic N) is 2. The fourth-order valence-electron chi connectivity index (χ4n) is 19.5. The standard InChI is InChI=1S/C126H83BN2S/c1-10-32-84(33-11-1)93-56-60-95(61-57-93)113-77-107(92-48-26-9-27-49-92)78-114(96-62-58-94(59-63-96)85-34-12-2-13-35-85)125(113)129-121-83-111(128-119-55-29-28-54-112(119)116-76-101(64-67-120(116)128)99-52-30-50-97(68-99)86-36-14-3-15-37-86)65-66-117(121)127-118-80-108(106-72-102(88-40-18-5-19-41-88)70-103(73-106)89-42-20-6-21-43-89)79-115(110-74-104(90-44-22-7-23-45-90)71-105(75-110)91-46-24-8-25-47-91)126(118)130-123-82-109(81-122(129)124(123)127)100-53-31-51-98(69-100)87-38-16-4-17-39-87/h1-83H/i28D,29D,54D,55D,64D,67D,76D. The molecule has 22 aromatic rings. The largest absolute Gasteiger partial charge is 0.310 e. The topological polar surface area (TPSA) is 8.17 Å². The van der Waals surface area contributed by atoms with Gasteiger partial charge in [-0.3, -0.25) is 0 Å². The van der Waals surface area contributed by atoms with Crippen molar-refractivity contribution in [1.82, 2.24) is 4.57 Å². The predicted octanol–water partition coefficient (Wildman–Crippen LogP) is 32.6. The molecule has 0 radical (unpaired) electrons. The molecule has 0 aliphatic carbocycles. The molecule has 606 valence electrons. The van der Waals surface area contributed by atoms with E-state index >= 15 is 0 Å². The number of hydrogen-bond acceptors (Lipinski definition) is 2. The number of rotatable bonds is 17. The Balaban J connectivity index is 0.861. The Hall–Kier alpha value is -16.4. The van der Waals surface area contributed by atoms with E-state index in [0.717, 1.165) is 199 Å². The van der Waals surface area contributed by atoms with Gasteiger partial charge in [-0.1, -0.05) is 411 Å². The molecule has 0 atom stereocenters. The van der Waals surface area contributed by atoms with Gasteiger partial charge in [-0.25, -0.2) is 0 Å². The molecule has 21 aromatic carbocycles. The maximum atomic E-state index is 10.8. The maximum absolute atomic E-state index is 10.8. The highest BCUT2D eigenvalue weighted by atomic mass is 32.2. The molecule has 2 aliphatic heterocycles. The van der Waals surface area contributed by atoms with Crippen LogP contribution in [0, 0.1) is 0 Å². The van der Waals surface area contributed by atoms with Gasteiger partial charge in [0, 0.05) is 48.8 Å². The Morgan fingerprint density at radius 3 is 1.00 bits per heavy atom. The maximum Gasteiger partial charge on any atom is 0.249 e. The van der Waals surface area contributed by atoms with Crippen LogP contribution in [0.1, 0.15) is 9.60 Å². The summed E-state index contributed by atoms with van der Waals surface area (Å²) in [6.45, 7) is -0.571. The molecule has 2 nitrogen and oxygen atoms in total. The number of aromatic nitrogens is 1. The molecular formula is C126H83BN2S. The van der Waals surface area contributed by atoms with E-state index in [1.54, 1.807) is 4.57 Å². The quantitative estimate of drug-likeness (QED) is 0.0840. The predicted molar refractivity (Wildman–Crippen MR) is 552 cm³/mol. The Labute approximate surface area is 773 Å². The molecule has 2 aliphatic rings. The number of benzene rings is 21. The van der Waals surface area contributed by atoms with Gasteiger partial charge in [0.1, 0.15) is 0 Å². The summed E-state index contributed by atoms with van der Waals surface area (Å²) >= 11 is 1.81. The lowest BCUT2D eigenvalue weighted by Gasteiger charge is -2.42. The third-order valence-corrected chi connectivity index (χ3v) is 27.0. The molecule has 0 spiro atoms. The molecule has 1 aromatic heterocycles. The van der Waals surface area contributed by atoms with Gasteiger partial charge in [-0.05, 0) is 276 Å². The minimum atomic E-state index is -0.571. The van der Waals surface area contributed by atoms with Crippen LogP contribution in [0.15, 0.2) is 513 Å². The molecule has 130 heavy (non-hydrogen) atoms. The first-order chi connectivity index (χ1) is 67.3. The molecule has 4 heteroatoms. The van der Waals surface area contributed by atoms with Crippen molar-refractivity contribution in [2.24, 2.45) is 0 Å². The molecule has 24 rings (SSSR count). The Bertz CT molecular complexity index is 8290. The van der Waals surface area contributed by atoms with E-state index < -0.39 is 18.8 Å². The van der Waals surface area contributed by atoms with E-state index in [1.807, 2.05) is 66.4 Å². The lowest BCUT2D eigenvalue weighted by molar-refractivity contribution is 1.17. The summed E-state index contributed by atoms with van der Waals surface area (Å²) in [5, 5.41) is 0.212. The Morgan fingerprint density at radius 1 is 0.215 bits per heavy atom. The van der Waals surface area contributed by atoms with Crippen LogP contribution in [-0.4, -0.2) is 11.3 Å². The van der Waals surface area contributed by atoms with Gasteiger partial charge in [-0.15, -0.1) is 0 Å². The molecule has 0 fully saturated rings. The van der Waals surface area contributed by atoms with Gasteiger partial charge < -0.3 is 9.47 Å². The zero-order valence-corrected chi connectivity index (χ0v) is 71.6. The van der Waals surface area contributed by atoms with Crippen molar-refractivity contribution in [2.45, 2.75) is 9.79 Å². The molecule has 0 unspecified atom stereocenters. The fourth-order valence-corrected chi connectivity index (χ4v) is 20.8. The summed E-state index contributed by atoms with van der Waals surface area (Å²) in [4.78, 5) is 4.62. The first-order valence-electron chi connectivity index (χ1n) is 47.8. The van der Waals surface area contributed by atoms with Crippen LogP contribution in [0.5, 0.6) is 0 Å². The van der Waals surface area contributed by atoms with Crippen molar-refractivity contribution >= 4 is 73.7 Å². The molecule has 0 saturated heterocycles. The van der Waals surface area contributed by atoms with E-state index in [2.05, 4.69) is 411 Å². The Morgan fingerprint density at radius 2 is 0.546 bits per heavy atom. The number of para-hydroxylation sites is 1. The zero-order chi connectivity index (χ0) is 92.0. The molecular weight excluding hydrogens is 1580 g/mol. The number of anilines is 3. The van der Waals surface area contributed by atoms with Crippen molar-refractivity contribution in [3.05, 3.63) is 503 Å². The van der Waals surface area contributed by atoms with Gasteiger partial charge in [-0.2, -0.15) is 0 Å². The molecule has 3 heterocycles. The van der Waals surface area contributed by atoms with E-state index in [-0.39, 0.29) is 57.6 Å². The summed E-state index contributed by atoms with van der Waals surface area (Å²) in [5.74, 6) is 0. The van der Waals surface area contributed by atoms with Crippen molar-refractivity contribution in [3.8, 4) is 173 Å². The molecule has 0 bridgehead atoms. The van der Waals surface area contributed by atoms with Gasteiger partial charge in [0.25, 0.3) is 0 Å². The SMILES string of the molecule is [2H]c1c([2H])c([2H])c2c(c1[2H])c1c([2H])c(-c3cccc(-c4ccccc4)c3)c([2H])c([2H])c1n2-c1ccc2c(c1)N(c1c(-c3ccc(-c4ccccc4)cc3)cc(-c3ccccc3)cc1-c1ccc(-c3ccccc3)cc1)c1cc(-c3cccc(-c4ccccc4)c3)cc3c1B2c1cc(-c2cc(-c4ccccc4)cc(-c4ccccc4)c2)cc(-c2cc(-c4ccccc4)cc(-c4ccccc4)c2)c1S3. The van der Waals surface area contributed by atoms with Crippen molar-refractivity contribution in [2.75, 3.05) is 4.90 Å². The van der Waals surface area contributed by atoms with Gasteiger partial charge in [0.15, 0.2) is 0 Å². The normalized spacial score (nSPS) is 12.7. The van der Waals surface area contributed by atoms with Crippen LogP contribution in [0.4, 0.5) is 17.1 Å². The highest BCUT2D eigenvalue weighted by Gasteiger charge is 2.44. The average molecular weight is 1670 g/mol. The van der Waals surface area contributed by atoms with Crippen LogP contribution >= 0.6 is 11.8 Å². The third kappa shape index (κ3) is 14.3. The third-order valence-electron chi connectivity index (χ3n) is 25.8. The monoisotopic (exact) mass is 1670 g/mol. The van der Waals surface area contributed by atoms with Crippen LogP contribution in [0.2, 0.25) is 0 Å². The lowest BCUT2D eigenvalue weighted by atomic mass is 9.34. The van der Waals surface area contributed by atoms with Gasteiger partial charge in [0.2, 0.25) is 6.71 Å². The number of hydrogen-bond donors (Lipinski definition) is 0. The van der Waals surface area contributed by atoms with Crippen molar-refractivity contribution in [3.63, 3.8) is 0 Å². The van der Waals surface area contributed by atoms with E-state index in [1.165, 1.54) is 0 Å². The van der Waals surface area contributed by atoms with E-state index in [0.29, 0.717) is 11.3 Å². The van der Waals surface area contributed by atoms with E-state index in [4.69, 9.17) is 0 Å². The summed E-state index contributed by atoms with van der Waals surface area (Å²) < 4.78 is 73.6. The highest BCUT2D eigenvalue weighted by molar-refractivity contribution is 8.00. The summed E-state index contributed by atoms with van der Waals surface area (Å²) in [6.07, 6.45) is 0. The first kappa shape index (κ1) is 69.9. The van der Waals surface area contributed by atoms with E-state index in [9.17, 15) is 9.60 Å². The second kappa shape index (κ2) is 33.2. The van der Waals surface area contributed by atoms with Crippen LogP contribution < -0.4 is 21.3 Å². The zero-order valence-electron chi connectivity index (χ0n) is 77.8. The summed E-state index contributed by atoms with van der Waals surface area (Å²) in [7, 11) is 0. The first-order valence-corrected chi connectivity index (χ1v) is 45.1. The molecule has 0 amide bonds. The lowest BCUT2D eigenvalue weighted by Crippen LogP contribution is -2.60. The Kier molecular flexibility index (Phi) is 17.8. The van der Waals surface area contributed by atoms with Gasteiger partial charge >= 0.3 is 0 Å². The minimum absolute atomic E-state index is 0.0766. The molecule has 0 N–H and O–H groups in total. The highest BCUT2D eigenvalue weighted by Crippen LogP contribution is 2.55. The molecule has 0 saturated carbocycles. The minimum Gasteiger partial charge on any atom is -0.310 e. The van der Waals surface area contributed by atoms with Crippen LogP contribution in [0.3, 0.4) is 0 Å².